The molecule has 1 aromatic carbocycles. The van der Waals surface area contributed by atoms with Crippen LogP contribution in [0.4, 0.5) is 0 Å². The first kappa shape index (κ1) is 17.1. The number of hydrogen-bond acceptors (Lipinski definition) is 5. The van der Waals surface area contributed by atoms with E-state index in [-0.39, 0.29) is 12.0 Å². The van der Waals surface area contributed by atoms with Gasteiger partial charge in [0.25, 0.3) is 5.91 Å². The van der Waals surface area contributed by atoms with E-state index in [1.54, 1.807) is 7.11 Å². The molecule has 1 aliphatic rings. The molecule has 1 atom stereocenters. The first-order valence-corrected chi connectivity index (χ1v) is 9.64. The van der Waals surface area contributed by atoms with E-state index in [9.17, 15) is 4.79 Å². The Balaban J connectivity index is 1.55. The van der Waals surface area contributed by atoms with Crippen LogP contribution < -0.4 is 10.1 Å². The van der Waals surface area contributed by atoms with E-state index in [0.29, 0.717) is 12.2 Å². The van der Waals surface area contributed by atoms with Crippen molar-refractivity contribution in [3.05, 3.63) is 41.5 Å². The average molecular weight is 371 g/mol. The number of fused-ring (bicyclic) bond motifs is 1. The molecule has 0 bridgehead atoms. The van der Waals surface area contributed by atoms with Gasteiger partial charge in [0.05, 0.1) is 18.9 Å². The zero-order valence-electron chi connectivity index (χ0n) is 14.6. The van der Waals surface area contributed by atoms with Crippen LogP contribution in [0.3, 0.4) is 0 Å². The van der Waals surface area contributed by atoms with Crippen molar-refractivity contribution in [3.8, 4) is 17.0 Å². The van der Waals surface area contributed by atoms with Gasteiger partial charge < -0.3 is 14.8 Å². The molecule has 1 amide bonds. The minimum atomic E-state index is -0.102. The molecule has 3 aromatic rings. The molecule has 1 aliphatic heterocycles. The Labute approximate surface area is 155 Å². The first-order chi connectivity index (χ1) is 12.8. The van der Waals surface area contributed by atoms with Crippen molar-refractivity contribution in [2.24, 2.45) is 0 Å². The zero-order valence-corrected chi connectivity index (χ0v) is 15.4. The summed E-state index contributed by atoms with van der Waals surface area (Å²) in [6.07, 6.45) is 5.27. The molecule has 2 aromatic heterocycles. The molecule has 7 heteroatoms. The van der Waals surface area contributed by atoms with Crippen molar-refractivity contribution >= 4 is 22.2 Å². The molecule has 26 heavy (non-hydrogen) atoms. The van der Waals surface area contributed by atoms with Crippen LogP contribution in [0.1, 0.15) is 29.8 Å². The number of rotatable bonds is 5. The summed E-state index contributed by atoms with van der Waals surface area (Å²) in [4.78, 5) is 18.0. The van der Waals surface area contributed by atoms with Gasteiger partial charge in [0.1, 0.15) is 11.4 Å². The van der Waals surface area contributed by atoms with Crippen LogP contribution in [0, 0.1) is 0 Å². The molecule has 0 radical (unpaired) electrons. The second kappa shape index (κ2) is 7.47. The smallest absolute Gasteiger partial charge is 0.269 e. The number of nitrogens with one attached hydrogen (secondary N) is 1. The van der Waals surface area contributed by atoms with E-state index in [0.717, 1.165) is 47.8 Å². The van der Waals surface area contributed by atoms with Crippen molar-refractivity contribution in [1.29, 1.82) is 0 Å². The normalized spacial score (nSPS) is 17.3. The van der Waals surface area contributed by atoms with Gasteiger partial charge in [-0.3, -0.25) is 9.20 Å². The number of aromatic nitrogens is 2. The molecule has 0 spiro atoms. The summed E-state index contributed by atoms with van der Waals surface area (Å²) in [5.41, 5.74) is 2.29. The van der Waals surface area contributed by atoms with Gasteiger partial charge in [-0.1, -0.05) is 12.1 Å². The lowest BCUT2D eigenvalue weighted by molar-refractivity contribution is 0.0168. The summed E-state index contributed by atoms with van der Waals surface area (Å²) in [5, 5.41) is 4.83. The monoisotopic (exact) mass is 371 g/mol. The predicted octanol–water partition coefficient (Wildman–Crippen LogP) is 3.37. The molecule has 3 heterocycles. The van der Waals surface area contributed by atoms with Crippen LogP contribution >= 0.6 is 11.3 Å². The number of para-hydroxylation sites is 1. The molecular formula is C19H21N3O3S. The van der Waals surface area contributed by atoms with Gasteiger partial charge in [0.15, 0.2) is 4.96 Å². The van der Waals surface area contributed by atoms with Crippen LogP contribution in [0.25, 0.3) is 16.2 Å². The van der Waals surface area contributed by atoms with E-state index in [1.807, 2.05) is 40.2 Å². The first-order valence-electron chi connectivity index (χ1n) is 8.76. The summed E-state index contributed by atoms with van der Waals surface area (Å²) < 4.78 is 12.9. The maximum atomic E-state index is 12.6. The van der Waals surface area contributed by atoms with Crippen molar-refractivity contribution in [2.75, 3.05) is 20.3 Å². The minimum Gasteiger partial charge on any atom is -0.496 e. The largest absolute Gasteiger partial charge is 0.496 e. The Bertz CT molecular complexity index is 912. The fourth-order valence-electron chi connectivity index (χ4n) is 3.20. The second-order valence-electron chi connectivity index (χ2n) is 6.30. The predicted molar refractivity (Wildman–Crippen MR) is 101 cm³/mol. The van der Waals surface area contributed by atoms with E-state index in [4.69, 9.17) is 9.47 Å². The Morgan fingerprint density at radius 1 is 1.42 bits per heavy atom. The number of imidazole rings is 1. The number of nitrogens with zero attached hydrogens (tertiary/aromatic N) is 2. The van der Waals surface area contributed by atoms with Crippen LogP contribution in [0.2, 0.25) is 0 Å². The third kappa shape index (κ3) is 3.32. The van der Waals surface area contributed by atoms with Crippen LogP contribution in [-0.4, -0.2) is 41.7 Å². The lowest BCUT2D eigenvalue weighted by atomic mass is 10.1. The summed E-state index contributed by atoms with van der Waals surface area (Å²) in [7, 11) is 1.64. The number of ether oxygens (including phenoxy) is 2. The van der Waals surface area contributed by atoms with Gasteiger partial charge in [0, 0.05) is 30.3 Å². The number of thiazole rings is 1. The van der Waals surface area contributed by atoms with Crippen LogP contribution in [0.5, 0.6) is 5.75 Å². The molecule has 6 nitrogen and oxygen atoms in total. The fourth-order valence-corrected chi connectivity index (χ4v) is 4.05. The highest BCUT2D eigenvalue weighted by atomic mass is 32.1. The topological polar surface area (TPSA) is 64.9 Å². The zero-order chi connectivity index (χ0) is 17.9. The van der Waals surface area contributed by atoms with E-state index >= 15 is 0 Å². The lowest BCUT2D eigenvalue weighted by Crippen LogP contribution is -2.35. The Morgan fingerprint density at radius 3 is 3.12 bits per heavy atom. The number of carbonyl (C=O) groups excluding carboxylic acids is 1. The summed E-state index contributed by atoms with van der Waals surface area (Å²) >= 11 is 1.45. The second-order valence-corrected chi connectivity index (χ2v) is 7.14. The van der Waals surface area contributed by atoms with Crippen molar-refractivity contribution in [3.63, 3.8) is 0 Å². The average Bonchev–Trinajstić information content (AvgIpc) is 3.27. The summed E-state index contributed by atoms with van der Waals surface area (Å²) in [6.45, 7) is 1.33. The van der Waals surface area contributed by atoms with Gasteiger partial charge in [0.2, 0.25) is 0 Å². The van der Waals surface area contributed by atoms with Gasteiger partial charge in [-0.2, -0.15) is 0 Å². The maximum Gasteiger partial charge on any atom is 0.269 e. The third-order valence-electron chi connectivity index (χ3n) is 4.59. The highest BCUT2D eigenvalue weighted by molar-refractivity contribution is 7.15. The number of hydrogen-bond donors (Lipinski definition) is 1. The van der Waals surface area contributed by atoms with Crippen molar-refractivity contribution < 1.29 is 14.3 Å². The summed E-state index contributed by atoms with van der Waals surface area (Å²) in [5.74, 6) is 0.660. The molecule has 1 saturated heterocycles. The number of carbonyl (C=O) groups is 1. The van der Waals surface area contributed by atoms with E-state index in [2.05, 4.69) is 10.3 Å². The molecule has 136 valence electrons. The Morgan fingerprint density at radius 2 is 2.31 bits per heavy atom. The van der Waals surface area contributed by atoms with Crippen molar-refractivity contribution in [1.82, 2.24) is 14.7 Å². The number of benzene rings is 1. The molecule has 0 saturated carbocycles. The molecule has 1 fully saturated rings. The van der Waals surface area contributed by atoms with Crippen molar-refractivity contribution in [2.45, 2.75) is 25.4 Å². The number of amides is 1. The van der Waals surface area contributed by atoms with Crippen LogP contribution in [-0.2, 0) is 4.74 Å². The molecule has 4 rings (SSSR count). The quantitative estimate of drug-likeness (QED) is 0.747. The van der Waals surface area contributed by atoms with E-state index < -0.39 is 0 Å². The fraction of sp³-hybridized carbons (Fsp3) is 0.368. The number of methoxy groups -OCH3 is 1. The van der Waals surface area contributed by atoms with E-state index in [1.165, 1.54) is 11.3 Å². The molecule has 1 unspecified atom stereocenters. The summed E-state index contributed by atoms with van der Waals surface area (Å²) in [6, 6.07) is 7.74. The van der Waals surface area contributed by atoms with Gasteiger partial charge in [-0.15, -0.1) is 11.3 Å². The molecule has 1 N–H and O–H groups in total. The molecular weight excluding hydrogens is 350 g/mol. The Hall–Kier alpha value is -2.38. The molecule has 0 aliphatic carbocycles. The third-order valence-corrected chi connectivity index (χ3v) is 5.43. The minimum absolute atomic E-state index is 0.102. The van der Waals surface area contributed by atoms with Gasteiger partial charge in [-0.25, -0.2) is 4.98 Å². The Kier molecular flexibility index (Phi) is 4.90. The highest BCUT2D eigenvalue weighted by Gasteiger charge is 2.19. The maximum absolute atomic E-state index is 12.6. The SMILES string of the molecule is COc1ccccc1-c1cn2c(C(=O)NCC3CCCCO3)csc2n1. The highest BCUT2D eigenvalue weighted by Crippen LogP contribution is 2.30. The van der Waals surface area contributed by atoms with Gasteiger partial charge >= 0.3 is 0 Å². The lowest BCUT2D eigenvalue weighted by Gasteiger charge is -2.22. The standard InChI is InChI=1S/C19H21N3O3S/c1-24-17-8-3-2-7-14(17)15-11-22-16(12-26-19(22)21-15)18(23)20-10-13-6-4-5-9-25-13/h2-3,7-8,11-13H,4-6,9-10H2,1H3,(H,20,23). The van der Waals surface area contributed by atoms with Gasteiger partial charge in [-0.05, 0) is 31.4 Å². The van der Waals surface area contributed by atoms with Crippen LogP contribution in [0.15, 0.2) is 35.8 Å².